The second-order valence-electron chi connectivity index (χ2n) is 3.82. The fourth-order valence-electron chi connectivity index (χ4n) is 1.61. The predicted molar refractivity (Wildman–Crippen MR) is 75.9 cm³/mol. The van der Waals surface area contributed by atoms with Crippen molar-refractivity contribution < 1.29 is 4.79 Å². The van der Waals surface area contributed by atoms with E-state index in [2.05, 4.69) is 10.3 Å². The largest absolute Gasteiger partial charge is 0.322 e. The van der Waals surface area contributed by atoms with Crippen molar-refractivity contribution in [1.82, 2.24) is 4.98 Å². The van der Waals surface area contributed by atoms with E-state index < -0.39 is 0 Å². The summed E-state index contributed by atoms with van der Waals surface area (Å²) in [5.41, 5.74) is 2.59. The van der Waals surface area contributed by atoms with E-state index in [4.69, 9.17) is 0 Å². The first-order chi connectivity index (χ1) is 8.79. The molecular formula is C14H14N2OS. The Bertz CT molecular complexity index is 528. The molecule has 0 saturated heterocycles. The van der Waals surface area contributed by atoms with Crippen LogP contribution in [0.4, 0.5) is 5.69 Å². The van der Waals surface area contributed by atoms with E-state index >= 15 is 0 Å². The number of hydrogen-bond acceptors (Lipinski definition) is 3. The minimum atomic E-state index is -0.0934. The highest BCUT2D eigenvalue weighted by atomic mass is 32.2. The molecule has 4 heteroatoms. The molecule has 18 heavy (non-hydrogen) atoms. The Kier molecular flexibility index (Phi) is 4.36. The van der Waals surface area contributed by atoms with Gasteiger partial charge in [-0.05, 0) is 36.1 Å². The number of aromatic nitrogens is 1. The summed E-state index contributed by atoms with van der Waals surface area (Å²) in [5.74, 6) is 0.820. The van der Waals surface area contributed by atoms with E-state index in [1.54, 1.807) is 36.3 Å². The zero-order valence-corrected chi connectivity index (χ0v) is 10.9. The number of anilines is 1. The van der Waals surface area contributed by atoms with Gasteiger partial charge in [-0.15, -0.1) is 0 Å². The molecule has 0 bridgehead atoms. The van der Waals surface area contributed by atoms with Crippen LogP contribution < -0.4 is 5.32 Å². The van der Waals surface area contributed by atoms with Gasteiger partial charge in [0.2, 0.25) is 0 Å². The molecule has 2 rings (SSSR count). The number of amides is 1. The van der Waals surface area contributed by atoms with Gasteiger partial charge in [0.05, 0.1) is 0 Å². The first-order valence-corrected chi connectivity index (χ1v) is 6.98. The summed E-state index contributed by atoms with van der Waals surface area (Å²) >= 11 is 1.74. The third kappa shape index (κ3) is 3.34. The zero-order valence-electron chi connectivity index (χ0n) is 10.1. The molecule has 0 atom stereocenters. The minimum absolute atomic E-state index is 0.0934. The second-order valence-corrected chi connectivity index (χ2v) is 4.69. The van der Waals surface area contributed by atoms with Crippen molar-refractivity contribution in [3.8, 4) is 0 Å². The maximum Gasteiger partial charge on any atom is 0.255 e. The Morgan fingerprint density at radius 2 is 2.06 bits per heavy atom. The minimum Gasteiger partial charge on any atom is -0.322 e. The number of benzene rings is 1. The van der Waals surface area contributed by atoms with Crippen LogP contribution in [0.5, 0.6) is 0 Å². The van der Waals surface area contributed by atoms with E-state index in [-0.39, 0.29) is 5.91 Å². The number of carbonyl (C=O) groups is 1. The van der Waals surface area contributed by atoms with Crippen LogP contribution in [0.3, 0.4) is 0 Å². The van der Waals surface area contributed by atoms with Gasteiger partial charge in [-0.1, -0.05) is 12.1 Å². The summed E-state index contributed by atoms with van der Waals surface area (Å²) in [6, 6.07) is 11.2. The summed E-state index contributed by atoms with van der Waals surface area (Å²) in [5, 5.41) is 2.84. The molecule has 0 fully saturated rings. The summed E-state index contributed by atoms with van der Waals surface area (Å²) in [6.07, 6.45) is 5.35. The molecule has 1 aromatic carbocycles. The van der Waals surface area contributed by atoms with Gasteiger partial charge >= 0.3 is 0 Å². The molecule has 0 unspecified atom stereocenters. The molecular weight excluding hydrogens is 244 g/mol. The first-order valence-electron chi connectivity index (χ1n) is 5.59. The smallest absolute Gasteiger partial charge is 0.255 e. The molecule has 2 aromatic rings. The number of rotatable bonds is 4. The number of nitrogens with zero attached hydrogens (tertiary/aromatic N) is 1. The van der Waals surface area contributed by atoms with Crippen molar-refractivity contribution in [3.05, 3.63) is 59.9 Å². The summed E-state index contributed by atoms with van der Waals surface area (Å²) < 4.78 is 0. The van der Waals surface area contributed by atoms with Crippen LogP contribution in [-0.4, -0.2) is 17.1 Å². The van der Waals surface area contributed by atoms with Crippen LogP contribution in [0.15, 0.2) is 48.8 Å². The number of carbonyl (C=O) groups excluding carboxylic acids is 1. The average Bonchev–Trinajstić information content (AvgIpc) is 2.40. The molecule has 1 N–H and O–H groups in total. The fraction of sp³-hybridized carbons (Fsp3) is 0.143. The third-order valence-electron chi connectivity index (χ3n) is 2.44. The van der Waals surface area contributed by atoms with Gasteiger partial charge in [-0.25, -0.2) is 0 Å². The Morgan fingerprint density at radius 1 is 1.28 bits per heavy atom. The van der Waals surface area contributed by atoms with Crippen molar-refractivity contribution in [1.29, 1.82) is 0 Å². The van der Waals surface area contributed by atoms with Gasteiger partial charge in [0, 0.05) is 29.4 Å². The van der Waals surface area contributed by atoms with Crippen LogP contribution in [0, 0.1) is 0 Å². The lowest BCUT2D eigenvalue weighted by Gasteiger charge is -2.06. The highest BCUT2D eigenvalue weighted by Crippen LogP contribution is 2.13. The van der Waals surface area contributed by atoms with Crippen LogP contribution >= 0.6 is 11.8 Å². The van der Waals surface area contributed by atoms with Gasteiger partial charge < -0.3 is 5.32 Å². The summed E-state index contributed by atoms with van der Waals surface area (Å²) in [4.78, 5) is 15.9. The molecule has 3 nitrogen and oxygen atoms in total. The third-order valence-corrected chi connectivity index (χ3v) is 3.06. The molecule has 92 valence electrons. The maximum atomic E-state index is 12.0. The van der Waals surface area contributed by atoms with Crippen LogP contribution in [0.25, 0.3) is 0 Å². The Hall–Kier alpha value is -1.81. The monoisotopic (exact) mass is 258 g/mol. The molecule has 1 aromatic heterocycles. The SMILES string of the molecule is CSCc1cccc(C(=O)Nc2ccncc2)c1. The zero-order chi connectivity index (χ0) is 12.8. The van der Waals surface area contributed by atoms with Crippen molar-refractivity contribution >= 4 is 23.4 Å². The first kappa shape index (κ1) is 12.6. The molecule has 1 heterocycles. The van der Waals surface area contributed by atoms with Gasteiger partial charge in [-0.3, -0.25) is 9.78 Å². The highest BCUT2D eigenvalue weighted by Gasteiger charge is 2.06. The lowest BCUT2D eigenvalue weighted by molar-refractivity contribution is 0.102. The van der Waals surface area contributed by atoms with Gasteiger partial charge in [0.25, 0.3) is 5.91 Å². The fourth-order valence-corrected chi connectivity index (χ4v) is 2.12. The number of hydrogen-bond donors (Lipinski definition) is 1. The molecule has 0 aliphatic carbocycles. The lowest BCUT2D eigenvalue weighted by atomic mass is 10.1. The molecule has 1 amide bonds. The van der Waals surface area contributed by atoms with Crippen LogP contribution in [0.1, 0.15) is 15.9 Å². The van der Waals surface area contributed by atoms with Crippen molar-refractivity contribution in [3.63, 3.8) is 0 Å². The van der Waals surface area contributed by atoms with Gasteiger partial charge in [-0.2, -0.15) is 11.8 Å². The average molecular weight is 258 g/mol. The summed E-state index contributed by atoms with van der Waals surface area (Å²) in [7, 11) is 0. The highest BCUT2D eigenvalue weighted by molar-refractivity contribution is 7.97. The van der Waals surface area contributed by atoms with Crippen molar-refractivity contribution in [2.45, 2.75) is 5.75 Å². The number of pyridine rings is 1. The lowest BCUT2D eigenvalue weighted by Crippen LogP contribution is -2.12. The normalized spacial score (nSPS) is 10.1. The molecule has 0 aliphatic heterocycles. The Balaban J connectivity index is 2.11. The van der Waals surface area contributed by atoms with Crippen LogP contribution in [-0.2, 0) is 5.75 Å². The van der Waals surface area contributed by atoms with Crippen molar-refractivity contribution in [2.75, 3.05) is 11.6 Å². The molecule has 0 saturated carbocycles. The maximum absolute atomic E-state index is 12.0. The van der Waals surface area contributed by atoms with E-state index in [0.29, 0.717) is 5.56 Å². The van der Waals surface area contributed by atoms with E-state index in [1.165, 1.54) is 0 Å². The predicted octanol–water partition coefficient (Wildman–Crippen LogP) is 3.20. The van der Waals surface area contributed by atoms with Crippen LogP contribution in [0.2, 0.25) is 0 Å². The van der Waals surface area contributed by atoms with E-state index in [1.807, 2.05) is 30.5 Å². The second kappa shape index (κ2) is 6.21. The van der Waals surface area contributed by atoms with Crippen molar-refractivity contribution in [2.24, 2.45) is 0 Å². The van der Waals surface area contributed by atoms with E-state index in [0.717, 1.165) is 17.0 Å². The van der Waals surface area contributed by atoms with Gasteiger partial charge in [0.1, 0.15) is 0 Å². The van der Waals surface area contributed by atoms with E-state index in [9.17, 15) is 4.79 Å². The quantitative estimate of drug-likeness (QED) is 0.915. The molecule has 0 aliphatic rings. The number of nitrogens with one attached hydrogen (secondary N) is 1. The topological polar surface area (TPSA) is 42.0 Å². The standard InChI is InChI=1S/C14H14N2OS/c1-18-10-11-3-2-4-12(9-11)14(17)16-13-5-7-15-8-6-13/h2-9H,10H2,1H3,(H,15,16,17). The van der Waals surface area contributed by atoms with Gasteiger partial charge in [0.15, 0.2) is 0 Å². The molecule has 0 radical (unpaired) electrons. The Morgan fingerprint density at radius 3 is 2.78 bits per heavy atom. The Labute approximate surface area is 111 Å². The summed E-state index contributed by atoms with van der Waals surface area (Å²) in [6.45, 7) is 0. The molecule has 0 spiro atoms. The number of thioether (sulfide) groups is 1.